The molecule has 0 fully saturated rings. The van der Waals surface area contributed by atoms with Crippen LogP contribution in [-0.2, 0) is 0 Å². The van der Waals surface area contributed by atoms with E-state index in [9.17, 15) is 20.0 Å². The van der Waals surface area contributed by atoms with Gasteiger partial charge in [0.25, 0.3) is 11.6 Å². The Balaban J connectivity index is 2.30. The molecule has 0 unspecified atom stereocenters. The van der Waals surface area contributed by atoms with Crippen LogP contribution in [0.4, 0.5) is 17.1 Å². The van der Waals surface area contributed by atoms with Crippen molar-refractivity contribution in [3.8, 4) is 5.75 Å². The Labute approximate surface area is 126 Å². The Morgan fingerprint density at radius 2 is 1.86 bits per heavy atom. The number of nitro groups is 1. The number of aryl methyl sites for hydroxylation is 1. The maximum absolute atomic E-state index is 12.2. The second-order valence-corrected chi connectivity index (χ2v) is 4.71. The minimum absolute atomic E-state index is 0.0605. The number of phenols is 1. The van der Waals surface area contributed by atoms with E-state index in [1.54, 1.807) is 19.2 Å². The third kappa shape index (κ3) is 3.14. The number of aromatic hydroxyl groups is 1. The molecular weight excluding hydrogens is 286 g/mol. The monoisotopic (exact) mass is 301 g/mol. The number of amides is 1. The predicted octanol–water partition coefficient (Wildman–Crippen LogP) is 2.90. The highest BCUT2D eigenvalue weighted by atomic mass is 16.6. The van der Waals surface area contributed by atoms with Crippen molar-refractivity contribution in [2.45, 2.75) is 6.92 Å². The smallest absolute Gasteiger partial charge is 0.293 e. The van der Waals surface area contributed by atoms with Gasteiger partial charge in [0.2, 0.25) is 0 Å². The van der Waals surface area contributed by atoms with Crippen molar-refractivity contribution < 1.29 is 14.8 Å². The van der Waals surface area contributed by atoms with E-state index in [4.69, 9.17) is 0 Å². The van der Waals surface area contributed by atoms with Gasteiger partial charge in [0.1, 0.15) is 11.4 Å². The molecule has 3 N–H and O–H groups in total. The van der Waals surface area contributed by atoms with Gasteiger partial charge >= 0.3 is 0 Å². The molecule has 0 bridgehead atoms. The number of nitrogens with zero attached hydrogens (tertiary/aromatic N) is 1. The fraction of sp³-hybridized carbons (Fsp3) is 0.133. The standard InChI is InChI=1S/C15H15N3O4/c1-9-3-5-12(14(19)7-9)17-15(20)10-4-6-11(16-2)13(8-10)18(21)22/h3-8,16,19H,1-2H3,(H,17,20). The quantitative estimate of drug-likeness (QED) is 0.457. The van der Waals surface area contributed by atoms with E-state index in [1.165, 1.54) is 24.3 Å². The van der Waals surface area contributed by atoms with E-state index in [0.717, 1.165) is 5.56 Å². The number of rotatable bonds is 4. The van der Waals surface area contributed by atoms with Gasteiger partial charge in [0, 0.05) is 18.7 Å². The zero-order valence-electron chi connectivity index (χ0n) is 12.1. The van der Waals surface area contributed by atoms with E-state index < -0.39 is 10.8 Å². The van der Waals surface area contributed by atoms with Crippen LogP contribution in [0.15, 0.2) is 36.4 Å². The van der Waals surface area contributed by atoms with Crippen molar-refractivity contribution in [3.05, 3.63) is 57.6 Å². The Hall–Kier alpha value is -3.09. The molecule has 0 radical (unpaired) electrons. The van der Waals surface area contributed by atoms with E-state index in [-0.39, 0.29) is 22.7 Å². The molecule has 0 heterocycles. The first-order valence-electron chi connectivity index (χ1n) is 6.49. The lowest BCUT2D eigenvalue weighted by molar-refractivity contribution is -0.384. The molecule has 2 aromatic carbocycles. The second-order valence-electron chi connectivity index (χ2n) is 4.71. The van der Waals surface area contributed by atoms with Gasteiger partial charge in [0.05, 0.1) is 10.6 Å². The van der Waals surface area contributed by atoms with E-state index in [2.05, 4.69) is 10.6 Å². The average Bonchev–Trinajstić information content (AvgIpc) is 2.49. The van der Waals surface area contributed by atoms with E-state index in [0.29, 0.717) is 5.69 Å². The van der Waals surface area contributed by atoms with Crippen molar-refractivity contribution in [1.82, 2.24) is 0 Å². The molecule has 0 spiro atoms. The van der Waals surface area contributed by atoms with Crippen LogP contribution < -0.4 is 10.6 Å². The number of nitrogens with one attached hydrogen (secondary N) is 2. The van der Waals surface area contributed by atoms with Crippen LogP contribution in [-0.4, -0.2) is 23.0 Å². The fourth-order valence-electron chi connectivity index (χ4n) is 1.98. The third-order valence-electron chi connectivity index (χ3n) is 3.13. The number of hydrogen-bond acceptors (Lipinski definition) is 5. The maximum Gasteiger partial charge on any atom is 0.293 e. The second kappa shape index (κ2) is 6.13. The van der Waals surface area contributed by atoms with Gasteiger partial charge in [-0.2, -0.15) is 0 Å². The highest BCUT2D eigenvalue weighted by molar-refractivity contribution is 6.05. The van der Waals surface area contributed by atoms with Crippen LogP contribution in [0.25, 0.3) is 0 Å². The van der Waals surface area contributed by atoms with Crippen molar-refractivity contribution in [2.75, 3.05) is 17.7 Å². The largest absolute Gasteiger partial charge is 0.506 e. The van der Waals surface area contributed by atoms with Crippen LogP contribution in [0.5, 0.6) is 5.75 Å². The maximum atomic E-state index is 12.2. The molecule has 7 nitrogen and oxygen atoms in total. The molecule has 22 heavy (non-hydrogen) atoms. The SMILES string of the molecule is CNc1ccc(C(=O)Nc2ccc(C)cc2O)cc1[N+](=O)[O-]. The summed E-state index contributed by atoms with van der Waals surface area (Å²) in [7, 11) is 1.56. The summed E-state index contributed by atoms with van der Waals surface area (Å²) in [6.07, 6.45) is 0. The first-order chi connectivity index (χ1) is 10.4. The molecule has 0 saturated carbocycles. The molecule has 114 valence electrons. The molecular formula is C15H15N3O4. The minimum Gasteiger partial charge on any atom is -0.506 e. The van der Waals surface area contributed by atoms with Crippen LogP contribution in [0, 0.1) is 17.0 Å². The van der Waals surface area contributed by atoms with Gasteiger partial charge in [-0.15, -0.1) is 0 Å². The zero-order valence-corrected chi connectivity index (χ0v) is 12.1. The summed E-state index contributed by atoms with van der Waals surface area (Å²) >= 11 is 0. The Kier molecular flexibility index (Phi) is 4.26. The van der Waals surface area contributed by atoms with Crippen molar-refractivity contribution in [2.24, 2.45) is 0 Å². The molecule has 0 aliphatic carbocycles. The van der Waals surface area contributed by atoms with Gasteiger partial charge in [-0.1, -0.05) is 6.07 Å². The van der Waals surface area contributed by atoms with Crippen molar-refractivity contribution in [3.63, 3.8) is 0 Å². The summed E-state index contributed by atoms with van der Waals surface area (Å²) in [5, 5.41) is 26.0. The number of carbonyl (C=O) groups excluding carboxylic acids is 1. The summed E-state index contributed by atoms with van der Waals surface area (Å²) in [5.74, 6) is -0.598. The summed E-state index contributed by atoms with van der Waals surface area (Å²) in [6.45, 7) is 1.81. The zero-order chi connectivity index (χ0) is 16.3. The Bertz CT molecular complexity index is 744. The van der Waals surface area contributed by atoms with Gasteiger partial charge in [-0.05, 0) is 36.8 Å². The predicted molar refractivity (Wildman–Crippen MR) is 83.4 cm³/mol. The lowest BCUT2D eigenvalue weighted by Gasteiger charge is -2.09. The molecule has 2 aromatic rings. The molecule has 0 saturated heterocycles. The molecule has 7 heteroatoms. The summed E-state index contributed by atoms with van der Waals surface area (Å²) < 4.78 is 0. The topological polar surface area (TPSA) is 104 Å². The van der Waals surface area contributed by atoms with Crippen LogP contribution in [0.2, 0.25) is 0 Å². The van der Waals surface area contributed by atoms with Gasteiger partial charge < -0.3 is 15.7 Å². The number of nitro benzene ring substituents is 1. The van der Waals surface area contributed by atoms with Gasteiger partial charge in [0.15, 0.2) is 0 Å². The first-order valence-corrected chi connectivity index (χ1v) is 6.49. The third-order valence-corrected chi connectivity index (χ3v) is 3.13. The summed E-state index contributed by atoms with van der Waals surface area (Å²) in [4.78, 5) is 22.6. The van der Waals surface area contributed by atoms with Crippen LogP contribution in [0.1, 0.15) is 15.9 Å². The van der Waals surface area contributed by atoms with Gasteiger partial charge in [-0.25, -0.2) is 0 Å². The number of anilines is 2. The summed E-state index contributed by atoms with van der Waals surface area (Å²) in [5.41, 5.74) is 1.36. The molecule has 0 aromatic heterocycles. The molecule has 1 amide bonds. The van der Waals surface area contributed by atoms with Crippen molar-refractivity contribution in [1.29, 1.82) is 0 Å². The lowest BCUT2D eigenvalue weighted by atomic mass is 10.1. The number of carbonyl (C=O) groups is 1. The fourth-order valence-corrected chi connectivity index (χ4v) is 1.98. The highest BCUT2D eigenvalue weighted by Crippen LogP contribution is 2.27. The van der Waals surface area contributed by atoms with Crippen LogP contribution in [0.3, 0.4) is 0 Å². The Morgan fingerprint density at radius 3 is 2.45 bits per heavy atom. The van der Waals surface area contributed by atoms with Crippen molar-refractivity contribution >= 4 is 23.0 Å². The van der Waals surface area contributed by atoms with Gasteiger partial charge in [-0.3, -0.25) is 14.9 Å². The molecule has 0 atom stereocenters. The molecule has 2 rings (SSSR count). The Morgan fingerprint density at radius 1 is 1.18 bits per heavy atom. The van der Waals surface area contributed by atoms with E-state index >= 15 is 0 Å². The lowest BCUT2D eigenvalue weighted by Crippen LogP contribution is -2.12. The minimum atomic E-state index is -0.564. The number of hydrogen-bond donors (Lipinski definition) is 3. The number of phenolic OH excluding ortho intramolecular Hbond substituents is 1. The summed E-state index contributed by atoms with van der Waals surface area (Å²) in [6, 6.07) is 8.94. The highest BCUT2D eigenvalue weighted by Gasteiger charge is 2.17. The van der Waals surface area contributed by atoms with E-state index in [1.807, 2.05) is 6.92 Å². The first kappa shape index (κ1) is 15.3. The van der Waals surface area contributed by atoms with Crippen LogP contribution >= 0.6 is 0 Å². The normalized spacial score (nSPS) is 10.1. The molecule has 0 aliphatic rings. The average molecular weight is 301 g/mol. The molecule has 0 aliphatic heterocycles. The number of benzene rings is 2.